The van der Waals surface area contributed by atoms with Crippen LogP contribution < -0.4 is 0 Å². The molecule has 2 aliphatic carbocycles. The molecule has 2 rings (SSSR count). The molecular formula is C18H26O2. The lowest BCUT2D eigenvalue weighted by Gasteiger charge is -2.23. The van der Waals surface area contributed by atoms with E-state index in [1.54, 1.807) is 0 Å². The molecular weight excluding hydrogens is 248 g/mol. The van der Waals surface area contributed by atoms with Crippen LogP contribution in [0.15, 0.2) is 48.6 Å². The Labute approximate surface area is 122 Å². The highest BCUT2D eigenvalue weighted by atomic mass is 16.5. The zero-order valence-corrected chi connectivity index (χ0v) is 12.4. The Morgan fingerprint density at radius 3 is 1.65 bits per heavy atom. The summed E-state index contributed by atoms with van der Waals surface area (Å²) in [4.78, 5) is 0. The van der Waals surface area contributed by atoms with E-state index in [0.29, 0.717) is 25.4 Å². The average Bonchev–Trinajstić information content (AvgIpc) is 2.53. The molecule has 20 heavy (non-hydrogen) atoms. The molecule has 2 atom stereocenters. The smallest absolute Gasteiger partial charge is 0.0704 e. The van der Waals surface area contributed by atoms with Gasteiger partial charge in [0, 0.05) is 0 Å². The first-order valence-corrected chi connectivity index (χ1v) is 7.68. The van der Waals surface area contributed by atoms with Gasteiger partial charge >= 0.3 is 0 Å². The van der Waals surface area contributed by atoms with Crippen LogP contribution in [0.3, 0.4) is 0 Å². The Kier molecular flexibility index (Phi) is 6.28. The summed E-state index contributed by atoms with van der Waals surface area (Å²) in [5.41, 5.74) is 2.71. The van der Waals surface area contributed by atoms with Gasteiger partial charge in [-0.05, 0) is 38.5 Å². The van der Waals surface area contributed by atoms with Crippen LogP contribution in [0.2, 0.25) is 0 Å². The summed E-state index contributed by atoms with van der Waals surface area (Å²) in [6.07, 6.45) is 15.5. The molecule has 0 aromatic rings. The molecule has 2 heteroatoms. The van der Waals surface area contributed by atoms with E-state index in [1.807, 2.05) is 12.2 Å². The molecule has 0 aliphatic heterocycles. The van der Waals surface area contributed by atoms with Crippen molar-refractivity contribution in [1.82, 2.24) is 0 Å². The van der Waals surface area contributed by atoms with E-state index in [4.69, 9.17) is 9.47 Å². The summed E-state index contributed by atoms with van der Waals surface area (Å²) in [6, 6.07) is 0. The molecule has 0 saturated heterocycles. The summed E-state index contributed by atoms with van der Waals surface area (Å²) >= 11 is 0. The topological polar surface area (TPSA) is 18.5 Å². The minimum Gasteiger partial charge on any atom is -0.375 e. The summed E-state index contributed by atoms with van der Waals surface area (Å²) < 4.78 is 11.7. The van der Waals surface area contributed by atoms with Crippen molar-refractivity contribution in [3.05, 3.63) is 48.6 Å². The lowest BCUT2D eigenvalue weighted by atomic mass is 9.97. The van der Waals surface area contributed by atoms with Crippen LogP contribution in [0.25, 0.3) is 0 Å². The van der Waals surface area contributed by atoms with Crippen LogP contribution in [-0.4, -0.2) is 25.4 Å². The van der Waals surface area contributed by atoms with Crippen molar-refractivity contribution in [3.63, 3.8) is 0 Å². The van der Waals surface area contributed by atoms with Gasteiger partial charge in [-0.25, -0.2) is 0 Å². The van der Waals surface area contributed by atoms with E-state index in [9.17, 15) is 0 Å². The van der Waals surface area contributed by atoms with Crippen LogP contribution >= 0.6 is 0 Å². The molecule has 2 nitrogen and oxygen atoms in total. The molecule has 0 radical (unpaired) electrons. The summed E-state index contributed by atoms with van der Waals surface area (Å²) in [5, 5.41) is 0. The van der Waals surface area contributed by atoms with Crippen LogP contribution in [-0.2, 0) is 9.47 Å². The standard InChI is InChI=1S/C18H26O2/c1-3-15-5-9-17(10-6-15)19-13-14-20-18-11-7-16(4-2)8-12-18/h3-5,7,17-18H,1-2,6,8-14H2. The normalized spacial score (nSPS) is 26.6. The minimum absolute atomic E-state index is 0.362. The molecule has 0 heterocycles. The zero-order valence-electron chi connectivity index (χ0n) is 12.4. The highest BCUT2D eigenvalue weighted by Gasteiger charge is 2.15. The second kappa shape index (κ2) is 8.23. The van der Waals surface area contributed by atoms with Crippen molar-refractivity contribution >= 4 is 0 Å². The monoisotopic (exact) mass is 274 g/mol. The van der Waals surface area contributed by atoms with E-state index in [-0.39, 0.29) is 0 Å². The van der Waals surface area contributed by atoms with Gasteiger partial charge in [0.2, 0.25) is 0 Å². The van der Waals surface area contributed by atoms with E-state index in [2.05, 4.69) is 25.3 Å². The fourth-order valence-electron chi connectivity index (χ4n) is 2.76. The molecule has 0 bridgehead atoms. The number of hydrogen-bond donors (Lipinski definition) is 0. The van der Waals surface area contributed by atoms with Crippen LogP contribution in [0.1, 0.15) is 38.5 Å². The first-order chi connectivity index (χ1) is 9.81. The Morgan fingerprint density at radius 2 is 1.35 bits per heavy atom. The average molecular weight is 274 g/mol. The molecule has 0 aromatic heterocycles. The molecule has 2 unspecified atom stereocenters. The first kappa shape index (κ1) is 15.3. The molecule has 0 spiro atoms. The minimum atomic E-state index is 0.362. The predicted molar refractivity (Wildman–Crippen MR) is 83.7 cm³/mol. The number of rotatable bonds is 7. The third-order valence-electron chi connectivity index (χ3n) is 4.11. The lowest BCUT2D eigenvalue weighted by molar-refractivity contribution is -0.0264. The van der Waals surface area contributed by atoms with E-state index >= 15 is 0 Å². The maximum absolute atomic E-state index is 5.87. The fourth-order valence-corrected chi connectivity index (χ4v) is 2.76. The highest BCUT2D eigenvalue weighted by Crippen LogP contribution is 2.22. The van der Waals surface area contributed by atoms with E-state index < -0.39 is 0 Å². The molecule has 110 valence electrons. The zero-order chi connectivity index (χ0) is 14.2. The van der Waals surface area contributed by atoms with E-state index in [1.165, 1.54) is 11.1 Å². The number of hydrogen-bond acceptors (Lipinski definition) is 2. The van der Waals surface area contributed by atoms with Crippen molar-refractivity contribution in [3.8, 4) is 0 Å². The maximum atomic E-state index is 5.87. The van der Waals surface area contributed by atoms with Gasteiger partial charge in [-0.3, -0.25) is 0 Å². The van der Waals surface area contributed by atoms with Crippen molar-refractivity contribution in [2.24, 2.45) is 0 Å². The maximum Gasteiger partial charge on any atom is 0.0704 e. The Bertz CT molecular complexity index is 354. The van der Waals surface area contributed by atoms with Gasteiger partial charge < -0.3 is 9.47 Å². The third-order valence-corrected chi connectivity index (χ3v) is 4.11. The van der Waals surface area contributed by atoms with E-state index in [0.717, 1.165) is 38.5 Å². The van der Waals surface area contributed by atoms with Crippen molar-refractivity contribution in [2.75, 3.05) is 13.2 Å². The first-order valence-electron chi connectivity index (χ1n) is 7.68. The summed E-state index contributed by atoms with van der Waals surface area (Å²) in [6.45, 7) is 9.03. The number of ether oxygens (including phenoxy) is 2. The molecule has 0 amide bonds. The van der Waals surface area contributed by atoms with Gasteiger partial charge in [0.1, 0.15) is 0 Å². The van der Waals surface area contributed by atoms with Gasteiger partial charge in [-0.15, -0.1) is 0 Å². The molecule has 0 N–H and O–H groups in total. The SMILES string of the molecule is C=CC1=CCC(OCCOC2CC=C(C=C)CC2)CC1. The van der Waals surface area contributed by atoms with Crippen LogP contribution in [0.4, 0.5) is 0 Å². The Balaban J connectivity index is 1.56. The molecule has 2 aliphatic rings. The second-order valence-electron chi connectivity index (χ2n) is 5.50. The largest absolute Gasteiger partial charge is 0.375 e. The fraction of sp³-hybridized carbons (Fsp3) is 0.556. The quantitative estimate of drug-likeness (QED) is 0.643. The summed E-state index contributed by atoms with van der Waals surface area (Å²) in [5.74, 6) is 0. The van der Waals surface area contributed by atoms with Crippen molar-refractivity contribution in [2.45, 2.75) is 50.7 Å². The van der Waals surface area contributed by atoms with Crippen molar-refractivity contribution in [1.29, 1.82) is 0 Å². The Hall–Kier alpha value is -1.12. The predicted octanol–water partition coefficient (Wildman–Crippen LogP) is 4.35. The number of allylic oxidation sites excluding steroid dienone is 4. The molecule has 0 fully saturated rings. The Morgan fingerprint density at radius 1 is 0.900 bits per heavy atom. The molecule has 0 aromatic carbocycles. The van der Waals surface area contributed by atoms with Gasteiger partial charge in [-0.1, -0.05) is 48.6 Å². The second-order valence-corrected chi connectivity index (χ2v) is 5.50. The van der Waals surface area contributed by atoms with Crippen LogP contribution in [0.5, 0.6) is 0 Å². The van der Waals surface area contributed by atoms with Crippen molar-refractivity contribution < 1.29 is 9.47 Å². The third kappa shape index (κ3) is 4.77. The van der Waals surface area contributed by atoms with Gasteiger partial charge in [0.05, 0.1) is 25.4 Å². The van der Waals surface area contributed by atoms with Gasteiger partial charge in [0.15, 0.2) is 0 Å². The summed E-state index contributed by atoms with van der Waals surface area (Å²) in [7, 11) is 0. The highest BCUT2D eigenvalue weighted by molar-refractivity contribution is 5.19. The molecule has 0 saturated carbocycles. The van der Waals surface area contributed by atoms with Gasteiger partial charge in [0.25, 0.3) is 0 Å². The van der Waals surface area contributed by atoms with Gasteiger partial charge in [-0.2, -0.15) is 0 Å². The van der Waals surface area contributed by atoms with Crippen LogP contribution in [0, 0.1) is 0 Å². The lowest BCUT2D eigenvalue weighted by Crippen LogP contribution is -2.22.